The Labute approximate surface area is 263 Å². The van der Waals surface area contributed by atoms with Gasteiger partial charge < -0.3 is 15.2 Å². The van der Waals surface area contributed by atoms with Crippen LogP contribution in [0.4, 0.5) is 13.2 Å². The van der Waals surface area contributed by atoms with Crippen LogP contribution in [-0.2, 0) is 14.3 Å². The number of rotatable bonds is 9. The highest BCUT2D eigenvalue weighted by Crippen LogP contribution is 2.48. The number of benzene rings is 1. The summed E-state index contributed by atoms with van der Waals surface area (Å²) in [6.45, 7) is 5.39. The Kier molecular flexibility index (Phi) is 8.29. The Morgan fingerprint density at radius 2 is 2.02 bits per heavy atom. The smallest absolute Gasteiger partial charge is 0.338 e. The number of amidine groups is 1. The number of thiazole rings is 1. The monoisotopic (exact) mass is 646 g/mol. The molecule has 0 spiro atoms. The van der Waals surface area contributed by atoms with E-state index in [0.29, 0.717) is 53.6 Å². The fourth-order valence-electron chi connectivity index (χ4n) is 7.38. The Morgan fingerprint density at radius 3 is 2.67 bits per heavy atom. The fraction of sp³-hybridized carbons (Fsp3) is 0.548. The third-order valence-corrected chi connectivity index (χ3v) is 10.3. The van der Waals surface area contributed by atoms with Crippen LogP contribution in [0.2, 0.25) is 0 Å². The number of aromatic nitrogens is 1. The number of hydrazine groups is 1. The molecule has 242 valence electrons. The minimum atomic E-state index is -3.06. The van der Waals surface area contributed by atoms with E-state index in [1.165, 1.54) is 23.5 Å². The average Bonchev–Trinajstić information content (AvgIpc) is 3.65. The Bertz CT molecular complexity index is 1540. The van der Waals surface area contributed by atoms with Gasteiger partial charge in [0.1, 0.15) is 17.9 Å². The lowest BCUT2D eigenvalue weighted by molar-refractivity contribution is -0.160. The summed E-state index contributed by atoms with van der Waals surface area (Å²) < 4.78 is 51.3. The Hall–Kier alpha value is -3.33. The predicted octanol–water partition coefficient (Wildman–Crippen LogP) is 3.85. The Morgan fingerprint density at radius 1 is 1.27 bits per heavy atom. The van der Waals surface area contributed by atoms with E-state index in [1.807, 2.05) is 5.01 Å². The number of aryl methyl sites for hydroxylation is 1. The fourth-order valence-corrected chi connectivity index (χ4v) is 7.97. The number of likely N-dealkylation sites (N-methyl/N-ethyl adjacent to an activating group) is 1. The van der Waals surface area contributed by atoms with Gasteiger partial charge in [-0.2, -0.15) is 0 Å². The van der Waals surface area contributed by atoms with Gasteiger partial charge in [-0.25, -0.2) is 33.0 Å². The number of esters is 1. The lowest BCUT2D eigenvalue weighted by atomic mass is 9.63. The van der Waals surface area contributed by atoms with E-state index in [9.17, 15) is 19.1 Å². The molecule has 0 bridgehead atoms. The van der Waals surface area contributed by atoms with Gasteiger partial charge in [-0.15, -0.1) is 11.3 Å². The van der Waals surface area contributed by atoms with Crippen LogP contribution in [0.3, 0.4) is 0 Å². The summed E-state index contributed by atoms with van der Waals surface area (Å²) in [5.41, 5.74) is 0.935. The van der Waals surface area contributed by atoms with Gasteiger partial charge >= 0.3 is 11.9 Å². The van der Waals surface area contributed by atoms with Crippen LogP contribution in [0, 0.1) is 24.1 Å². The first-order valence-electron chi connectivity index (χ1n) is 15.0. The number of hydrogen-bond acceptors (Lipinski definition) is 10. The second-order valence-corrected chi connectivity index (χ2v) is 13.6. The van der Waals surface area contributed by atoms with E-state index in [-0.39, 0.29) is 24.6 Å². The maximum Gasteiger partial charge on any atom is 0.338 e. The number of hydrogen-bond donors (Lipinski definition) is 2. The molecule has 6 rings (SSSR count). The van der Waals surface area contributed by atoms with E-state index in [2.05, 4.69) is 10.3 Å². The molecule has 3 fully saturated rings. The molecule has 10 nitrogen and oxygen atoms in total. The minimum Gasteiger partial charge on any atom is -0.481 e. The first-order valence-corrected chi connectivity index (χ1v) is 15.9. The number of carbonyl (C=O) groups excluding carboxylic acids is 1. The molecule has 2 aromatic rings. The maximum absolute atomic E-state index is 15.9. The summed E-state index contributed by atoms with van der Waals surface area (Å²) in [6.07, 6.45) is 2.52. The molecular formula is C31H37F3N6O4S. The SMILES string of the molecule is CCOC(=O)C1=C(CN2CC(F)(F)C3C2CN(C)N3CC2CC(C)(C(=O)O)C2)NC(c2nccs2)=NC1c1ccc(F)cc1C. The van der Waals surface area contributed by atoms with Crippen LogP contribution < -0.4 is 5.32 Å². The number of carbonyl (C=O) groups is 2. The van der Waals surface area contributed by atoms with Gasteiger partial charge in [-0.05, 0) is 62.8 Å². The summed E-state index contributed by atoms with van der Waals surface area (Å²) in [4.78, 5) is 36.1. The maximum atomic E-state index is 15.9. The second kappa shape index (κ2) is 11.8. The van der Waals surface area contributed by atoms with Gasteiger partial charge in [0.2, 0.25) is 0 Å². The first kappa shape index (κ1) is 31.6. The molecule has 1 aromatic carbocycles. The van der Waals surface area contributed by atoms with Gasteiger partial charge in [-0.1, -0.05) is 6.07 Å². The number of aliphatic imine (C=N–C) groups is 1. The van der Waals surface area contributed by atoms with E-state index in [0.717, 1.165) is 0 Å². The van der Waals surface area contributed by atoms with Crippen molar-refractivity contribution in [2.45, 2.75) is 57.7 Å². The molecular weight excluding hydrogens is 609 g/mol. The number of fused-ring (bicyclic) bond motifs is 1. The van der Waals surface area contributed by atoms with Crippen molar-refractivity contribution in [2.24, 2.45) is 16.3 Å². The van der Waals surface area contributed by atoms with Crippen molar-refractivity contribution in [1.29, 1.82) is 0 Å². The molecule has 1 aromatic heterocycles. The largest absolute Gasteiger partial charge is 0.481 e. The third-order valence-electron chi connectivity index (χ3n) is 9.47. The molecule has 0 radical (unpaired) electrons. The number of ether oxygens (including phenoxy) is 1. The molecule has 2 N–H and O–H groups in total. The molecule has 1 aliphatic carbocycles. The van der Waals surface area contributed by atoms with Crippen molar-refractivity contribution >= 4 is 29.1 Å². The van der Waals surface area contributed by atoms with Crippen LogP contribution >= 0.6 is 11.3 Å². The van der Waals surface area contributed by atoms with Crippen molar-refractivity contribution in [1.82, 2.24) is 25.2 Å². The average molecular weight is 647 g/mol. The molecule has 45 heavy (non-hydrogen) atoms. The van der Waals surface area contributed by atoms with Crippen LogP contribution in [0.1, 0.15) is 48.9 Å². The summed E-state index contributed by atoms with van der Waals surface area (Å²) in [7, 11) is 1.78. The van der Waals surface area contributed by atoms with E-state index in [4.69, 9.17) is 9.73 Å². The zero-order valence-electron chi connectivity index (χ0n) is 25.6. The molecule has 4 aliphatic rings. The summed E-state index contributed by atoms with van der Waals surface area (Å²) in [6, 6.07) is 1.73. The summed E-state index contributed by atoms with van der Waals surface area (Å²) >= 11 is 1.34. The summed E-state index contributed by atoms with van der Waals surface area (Å²) in [5, 5.41) is 18.6. The Balaban J connectivity index is 1.33. The quantitative estimate of drug-likeness (QED) is 0.393. The lowest BCUT2D eigenvalue weighted by Crippen LogP contribution is -2.53. The van der Waals surface area contributed by atoms with Crippen LogP contribution in [0.25, 0.3) is 0 Å². The minimum absolute atomic E-state index is 0.00572. The third kappa shape index (κ3) is 5.77. The standard InChI is InChI=1S/C31H37F3N6O4S/c1-5-44-28(41)23-21(36-26(27-35-8-9-45-27)37-24(23)20-7-6-19(32)10-17(20)2)14-39-16-31(33,34)25-22(39)15-38(4)40(25)13-18-11-30(3,12-18)29(42)43/h6-10,18,22,24-25H,5,11-16H2,1-4H3,(H,36,37)(H,42,43). The van der Waals surface area contributed by atoms with Gasteiger partial charge in [0.05, 0.1) is 24.1 Å². The second-order valence-electron chi connectivity index (χ2n) is 12.7. The van der Waals surface area contributed by atoms with Crippen LogP contribution in [0.15, 0.2) is 46.0 Å². The van der Waals surface area contributed by atoms with Crippen molar-refractivity contribution in [3.63, 3.8) is 0 Å². The van der Waals surface area contributed by atoms with Crippen LogP contribution in [-0.4, -0.2) is 101 Å². The number of carboxylic acids is 1. The molecule has 14 heteroatoms. The van der Waals surface area contributed by atoms with Crippen LogP contribution in [0.5, 0.6) is 0 Å². The summed E-state index contributed by atoms with van der Waals surface area (Å²) in [5.74, 6) is -4.58. The molecule has 3 atom stereocenters. The first-order chi connectivity index (χ1) is 21.3. The van der Waals surface area contributed by atoms with Gasteiger partial charge in [0.25, 0.3) is 5.92 Å². The predicted molar refractivity (Wildman–Crippen MR) is 161 cm³/mol. The molecule has 3 aliphatic heterocycles. The zero-order valence-corrected chi connectivity index (χ0v) is 26.4. The highest BCUT2D eigenvalue weighted by molar-refractivity contribution is 7.11. The van der Waals surface area contributed by atoms with Crippen molar-refractivity contribution < 1.29 is 32.6 Å². The highest BCUT2D eigenvalue weighted by atomic mass is 32.1. The van der Waals surface area contributed by atoms with Crippen molar-refractivity contribution in [2.75, 3.05) is 39.8 Å². The van der Waals surface area contributed by atoms with Crippen molar-refractivity contribution in [3.05, 3.63) is 63.0 Å². The number of alkyl halides is 2. The normalized spacial score (nSPS) is 30.1. The van der Waals surface area contributed by atoms with E-state index < -0.39 is 53.8 Å². The number of likely N-dealkylation sites (tertiary alicyclic amines) is 1. The number of carboxylic acid groups (broad SMARTS) is 1. The number of nitrogens with one attached hydrogen (secondary N) is 1. The highest BCUT2D eigenvalue weighted by Gasteiger charge is 2.62. The van der Waals surface area contributed by atoms with E-state index >= 15 is 8.78 Å². The molecule has 3 unspecified atom stereocenters. The van der Waals surface area contributed by atoms with Crippen molar-refractivity contribution in [3.8, 4) is 0 Å². The van der Waals surface area contributed by atoms with Gasteiger partial charge in [0, 0.05) is 50.0 Å². The molecule has 2 saturated heterocycles. The number of nitrogens with zero attached hydrogens (tertiary/aromatic N) is 5. The van der Waals surface area contributed by atoms with E-state index in [1.54, 1.807) is 55.4 Å². The lowest BCUT2D eigenvalue weighted by Gasteiger charge is -2.45. The molecule has 4 heterocycles. The molecule has 1 saturated carbocycles. The number of halogens is 3. The zero-order chi connectivity index (χ0) is 32.3. The topological polar surface area (TPSA) is 111 Å². The van der Waals surface area contributed by atoms with Gasteiger partial charge in [0.15, 0.2) is 10.8 Å². The molecule has 0 amide bonds. The van der Waals surface area contributed by atoms with Gasteiger partial charge in [-0.3, -0.25) is 14.7 Å². The number of aliphatic carboxylic acids is 1.